The van der Waals surface area contributed by atoms with Gasteiger partial charge in [0.25, 0.3) is 0 Å². The van der Waals surface area contributed by atoms with Gasteiger partial charge in [0.15, 0.2) is 0 Å². The third kappa shape index (κ3) is 2.79. The van der Waals surface area contributed by atoms with Gasteiger partial charge in [-0.15, -0.1) is 0 Å². The van der Waals surface area contributed by atoms with E-state index >= 15 is 0 Å². The van der Waals surface area contributed by atoms with Gasteiger partial charge in [0, 0.05) is 5.56 Å². The fourth-order valence-electron chi connectivity index (χ4n) is 2.24. The quantitative estimate of drug-likeness (QED) is 0.823. The molecule has 114 valence electrons. The highest BCUT2D eigenvalue weighted by Crippen LogP contribution is 2.26. The number of nitrogens with zero attached hydrogens (tertiary/aromatic N) is 1. The van der Waals surface area contributed by atoms with Crippen LogP contribution in [0.4, 0.5) is 8.78 Å². The lowest BCUT2D eigenvalue weighted by atomic mass is 9.96. The second-order valence-corrected chi connectivity index (χ2v) is 6.40. The minimum Gasteiger partial charge on any atom is -0.340 e. The van der Waals surface area contributed by atoms with E-state index in [-0.39, 0.29) is 28.4 Å². The topological polar surface area (TPSA) is 49.4 Å². The average molecular weight is 361 g/mol. The van der Waals surface area contributed by atoms with Gasteiger partial charge in [-0.2, -0.15) is 0 Å². The van der Waals surface area contributed by atoms with Gasteiger partial charge in [0.1, 0.15) is 23.2 Å². The molecule has 7 heteroatoms. The number of nitrogens with one attached hydrogen (secondary N) is 1. The fraction of sp³-hybridized carbons (Fsp3) is 0.429. The van der Waals surface area contributed by atoms with E-state index in [2.05, 4.69) is 21.2 Å². The monoisotopic (exact) mass is 360 g/mol. The molecule has 0 bridgehead atoms. The maximum absolute atomic E-state index is 14.0. The number of rotatable bonds is 2. The van der Waals surface area contributed by atoms with Gasteiger partial charge in [-0.05, 0) is 48.8 Å². The zero-order valence-corrected chi connectivity index (χ0v) is 13.4. The van der Waals surface area contributed by atoms with E-state index in [1.165, 1.54) is 17.9 Å². The predicted octanol–water partition coefficient (Wildman–Crippen LogP) is 2.35. The number of hydrogen-bond acceptors (Lipinski definition) is 2. The molecular formula is C14H15BrF2N2O2. The molecule has 4 nitrogen and oxygen atoms in total. The van der Waals surface area contributed by atoms with Crippen LogP contribution in [0.25, 0.3) is 0 Å². The maximum atomic E-state index is 14.0. The molecule has 1 atom stereocenters. The number of hydrogen-bond donors (Lipinski definition) is 1. The summed E-state index contributed by atoms with van der Waals surface area (Å²) in [4.78, 5) is 25.4. The van der Waals surface area contributed by atoms with E-state index in [1.54, 1.807) is 13.8 Å². The average Bonchev–Trinajstić information content (AvgIpc) is 2.40. The number of carbonyl (C=O) groups excluding carboxylic acids is 2. The highest BCUT2D eigenvalue weighted by atomic mass is 79.9. The van der Waals surface area contributed by atoms with Gasteiger partial charge in [-0.25, -0.2) is 8.78 Å². The summed E-state index contributed by atoms with van der Waals surface area (Å²) >= 11 is 2.99. The fourth-order valence-corrected chi connectivity index (χ4v) is 2.61. The molecule has 1 fully saturated rings. The first-order valence-corrected chi connectivity index (χ1v) is 7.20. The second kappa shape index (κ2) is 5.36. The van der Waals surface area contributed by atoms with Crippen LogP contribution in [0.1, 0.15) is 26.3 Å². The molecule has 0 spiro atoms. The molecule has 0 aromatic heterocycles. The summed E-state index contributed by atoms with van der Waals surface area (Å²) in [5, 5.41) is 2.58. The Bertz CT molecular complexity index is 619. The Morgan fingerprint density at radius 3 is 2.57 bits per heavy atom. The predicted molar refractivity (Wildman–Crippen MR) is 76.3 cm³/mol. The van der Waals surface area contributed by atoms with E-state index in [0.29, 0.717) is 0 Å². The van der Waals surface area contributed by atoms with Crippen LogP contribution in [0.15, 0.2) is 16.6 Å². The van der Waals surface area contributed by atoms with Crippen molar-refractivity contribution in [3.63, 3.8) is 0 Å². The minimum absolute atomic E-state index is 0.111. The van der Waals surface area contributed by atoms with Crippen molar-refractivity contribution in [3.8, 4) is 0 Å². The normalized spacial score (nSPS) is 21.4. The van der Waals surface area contributed by atoms with Crippen molar-refractivity contribution in [1.82, 2.24) is 10.2 Å². The van der Waals surface area contributed by atoms with Crippen molar-refractivity contribution in [2.45, 2.75) is 38.9 Å². The number of carbonyl (C=O) groups is 2. The highest BCUT2D eigenvalue weighted by molar-refractivity contribution is 9.10. The lowest BCUT2D eigenvalue weighted by Gasteiger charge is -2.41. The summed E-state index contributed by atoms with van der Waals surface area (Å²) < 4.78 is 28.0. The Labute approximate surface area is 129 Å². The number of amides is 2. The smallest absolute Gasteiger partial charge is 0.248 e. The lowest BCUT2D eigenvalue weighted by molar-refractivity contribution is -0.153. The third-order valence-corrected chi connectivity index (χ3v) is 4.16. The van der Waals surface area contributed by atoms with Crippen LogP contribution in [0.3, 0.4) is 0 Å². The van der Waals surface area contributed by atoms with Crippen LogP contribution in [-0.4, -0.2) is 28.3 Å². The molecule has 21 heavy (non-hydrogen) atoms. The molecule has 0 aliphatic carbocycles. The van der Waals surface area contributed by atoms with Gasteiger partial charge in [-0.3, -0.25) is 9.59 Å². The van der Waals surface area contributed by atoms with Crippen LogP contribution in [0.5, 0.6) is 0 Å². The Morgan fingerprint density at radius 1 is 1.33 bits per heavy atom. The Kier molecular flexibility index (Phi) is 4.06. The molecule has 1 aliphatic heterocycles. The summed E-state index contributed by atoms with van der Waals surface area (Å²) in [5.41, 5.74) is -1.34. The first-order chi connectivity index (χ1) is 9.65. The van der Waals surface area contributed by atoms with Crippen molar-refractivity contribution < 1.29 is 18.4 Å². The molecule has 1 unspecified atom stereocenters. The highest BCUT2D eigenvalue weighted by Gasteiger charge is 2.43. The van der Waals surface area contributed by atoms with E-state index in [9.17, 15) is 18.4 Å². The zero-order valence-electron chi connectivity index (χ0n) is 11.8. The summed E-state index contributed by atoms with van der Waals surface area (Å²) in [6, 6.07) is 1.59. The van der Waals surface area contributed by atoms with E-state index in [4.69, 9.17) is 0 Å². The van der Waals surface area contributed by atoms with E-state index in [0.717, 1.165) is 6.07 Å². The Morgan fingerprint density at radius 2 is 1.95 bits per heavy atom. The van der Waals surface area contributed by atoms with Crippen LogP contribution in [-0.2, 0) is 16.1 Å². The first kappa shape index (κ1) is 15.9. The molecule has 0 saturated carbocycles. The lowest BCUT2D eigenvalue weighted by Crippen LogP contribution is -2.67. The van der Waals surface area contributed by atoms with Crippen molar-refractivity contribution in [2.75, 3.05) is 0 Å². The molecule has 1 aliphatic rings. The molecule has 2 rings (SSSR count). The largest absolute Gasteiger partial charge is 0.340 e. The second-order valence-electron chi connectivity index (χ2n) is 5.55. The molecule has 1 saturated heterocycles. The van der Waals surface area contributed by atoms with Crippen LogP contribution in [0.2, 0.25) is 0 Å². The first-order valence-electron chi connectivity index (χ1n) is 6.40. The number of piperazine rings is 1. The van der Waals surface area contributed by atoms with Gasteiger partial charge in [0.05, 0.1) is 11.0 Å². The van der Waals surface area contributed by atoms with Gasteiger partial charge >= 0.3 is 0 Å². The Hall–Kier alpha value is -1.50. The van der Waals surface area contributed by atoms with Crippen LogP contribution < -0.4 is 5.32 Å². The van der Waals surface area contributed by atoms with Crippen molar-refractivity contribution in [1.29, 1.82) is 0 Å². The molecule has 1 aromatic rings. The molecule has 1 heterocycles. The van der Waals surface area contributed by atoms with E-state index < -0.39 is 23.2 Å². The van der Waals surface area contributed by atoms with Crippen molar-refractivity contribution >= 4 is 27.7 Å². The summed E-state index contributed by atoms with van der Waals surface area (Å²) in [6.45, 7) is 4.34. The minimum atomic E-state index is -1.09. The van der Waals surface area contributed by atoms with E-state index in [1.807, 2.05) is 0 Å². The molecule has 1 N–H and O–H groups in total. The van der Waals surface area contributed by atoms with Crippen molar-refractivity contribution in [3.05, 3.63) is 33.8 Å². The summed E-state index contributed by atoms with van der Waals surface area (Å²) in [7, 11) is 0. The summed E-state index contributed by atoms with van der Waals surface area (Å²) in [6.07, 6.45) is 0. The molecular weight excluding hydrogens is 346 g/mol. The Balaban J connectivity index is 2.40. The SMILES string of the molecule is CC1C(=O)NC(C)(C)C(=O)N1Cc1c(F)ccc(Br)c1F. The van der Waals surface area contributed by atoms with Crippen molar-refractivity contribution in [2.24, 2.45) is 0 Å². The van der Waals surface area contributed by atoms with Gasteiger partial charge in [-0.1, -0.05) is 0 Å². The van der Waals surface area contributed by atoms with Crippen LogP contribution >= 0.6 is 15.9 Å². The third-order valence-electron chi connectivity index (χ3n) is 3.55. The number of halogens is 3. The molecule has 2 amide bonds. The summed E-state index contributed by atoms with van der Waals surface area (Å²) in [5.74, 6) is -2.25. The van der Waals surface area contributed by atoms with Gasteiger partial charge < -0.3 is 10.2 Å². The van der Waals surface area contributed by atoms with Gasteiger partial charge in [0.2, 0.25) is 11.8 Å². The number of benzene rings is 1. The molecule has 0 radical (unpaired) electrons. The standard InChI is InChI=1S/C14H15BrF2N2O2/c1-7-12(20)18-14(2,3)13(21)19(7)6-8-10(16)5-4-9(15)11(8)17/h4-5,7H,6H2,1-3H3,(H,18,20). The van der Waals surface area contributed by atoms with Crippen LogP contribution in [0, 0.1) is 11.6 Å². The molecule has 1 aromatic carbocycles. The maximum Gasteiger partial charge on any atom is 0.248 e. The zero-order chi connectivity index (χ0) is 15.9.